The quantitative estimate of drug-likeness (QED) is 0.829. The number of rotatable bonds is 5. The van der Waals surface area contributed by atoms with Crippen molar-refractivity contribution in [1.82, 2.24) is 15.5 Å². The minimum absolute atomic E-state index is 0. The summed E-state index contributed by atoms with van der Waals surface area (Å²) < 4.78 is 0. The molecule has 144 valence electrons. The molecule has 1 aliphatic heterocycles. The second kappa shape index (κ2) is 10.1. The Morgan fingerprint density at radius 1 is 1.11 bits per heavy atom. The van der Waals surface area contributed by atoms with Gasteiger partial charge in [-0.2, -0.15) is 0 Å². The van der Waals surface area contributed by atoms with Crippen LogP contribution in [0.25, 0.3) is 0 Å². The summed E-state index contributed by atoms with van der Waals surface area (Å²) in [7, 11) is 0. The summed E-state index contributed by atoms with van der Waals surface area (Å²) in [6, 6.07) is 18.6. The van der Waals surface area contributed by atoms with Crippen molar-refractivity contribution in [1.29, 1.82) is 0 Å². The molecule has 1 saturated heterocycles. The number of halogens is 1. The summed E-state index contributed by atoms with van der Waals surface area (Å²) in [5.74, 6) is -0.0955. The van der Waals surface area contributed by atoms with Crippen LogP contribution in [0.4, 0.5) is 0 Å². The molecule has 2 aromatic carbocycles. The molecule has 1 unspecified atom stereocenters. The molecule has 1 fully saturated rings. The lowest BCUT2D eigenvalue weighted by Gasteiger charge is -2.35. The lowest BCUT2D eigenvalue weighted by atomic mass is 10.0. The van der Waals surface area contributed by atoms with Crippen molar-refractivity contribution < 1.29 is 9.59 Å². The average Bonchev–Trinajstić information content (AvgIpc) is 2.69. The number of carbonyl (C=O) groups excluding carboxylic acids is 2. The molecule has 1 heterocycles. The highest BCUT2D eigenvalue weighted by Crippen LogP contribution is 2.20. The number of amides is 2. The summed E-state index contributed by atoms with van der Waals surface area (Å²) in [4.78, 5) is 27.4. The normalized spacial score (nSPS) is 17.5. The first-order valence-electron chi connectivity index (χ1n) is 9.06. The van der Waals surface area contributed by atoms with E-state index in [9.17, 15) is 9.59 Å². The van der Waals surface area contributed by atoms with Gasteiger partial charge in [0.05, 0.1) is 12.5 Å². The van der Waals surface area contributed by atoms with Gasteiger partial charge in [-0.15, -0.1) is 12.4 Å². The first-order valence-corrected chi connectivity index (χ1v) is 9.06. The zero-order valence-electron chi connectivity index (χ0n) is 15.4. The molecule has 0 spiro atoms. The third-order valence-corrected chi connectivity index (χ3v) is 4.74. The van der Waals surface area contributed by atoms with E-state index in [0.717, 1.165) is 18.7 Å². The Kier molecular flexibility index (Phi) is 7.82. The Morgan fingerprint density at radius 3 is 2.37 bits per heavy atom. The fourth-order valence-corrected chi connectivity index (χ4v) is 3.27. The molecule has 2 amide bonds. The molecule has 2 aromatic rings. The van der Waals surface area contributed by atoms with Crippen LogP contribution in [0.15, 0.2) is 60.7 Å². The van der Waals surface area contributed by atoms with Crippen molar-refractivity contribution in [2.24, 2.45) is 0 Å². The van der Waals surface area contributed by atoms with Crippen LogP contribution in [0.2, 0.25) is 0 Å². The Hall–Kier alpha value is -2.37. The largest absolute Gasteiger partial charge is 0.345 e. The fraction of sp³-hybridized carbons (Fsp3) is 0.333. The van der Waals surface area contributed by atoms with Gasteiger partial charge in [-0.3, -0.25) is 9.59 Å². The predicted octanol–water partition coefficient (Wildman–Crippen LogP) is 2.79. The Balaban J connectivity index is 0.00000261. The second-order valence-electron chi connectivity index (χ2n) is 6.65. The molecule has 2 atom stereocenters. The Bertz CT molecular complexity index is 740. The summed E-state index contributed by atoms with van der Waals surface area (Å²) in [5, 5.41) is 6.33. The van der Waals surface area contributed by atoms with Gasteiger partial charge < -0.3 is 15.5 Å². The monoisotopic (exact) mass is 387 g/mol. The van der Waals surface area contributed by atoms with Crippen molar-refractivity contribution in [3.8, 4) is 0 Å². The van der Waals surface area contributed by atoms with Crippen LogP contribution in [0, 0.1) is 0 Å². The van der Waals surface area contributed by atoms with E-state index in [1.54, 1.807) is 12.1 Å². The Labute approximate surface area is 166 Å². The van der Waals surface area contributed by atoms with Crippen LogP contribution in [0.3, 0.4) is 0 Å². The van der Waals surface area contributed by atoms with Crippen LogP contribution in [0.1, 0.15) is 35.3 Å². The lowest BCUT2D eigenvalue weighted by molar-refractivity contribution is -0.134. The van der Waals surface area contributed by atoms with Crippen LogP contribution < -0.4 is 10.6 Å². The minimum Gasteiger partial charge on any atom is -0.345 e. The lowest BCUT2D eigenvalue weighted by Crippen LogP contribution is -2.52. The van der Waals surface area contributed by atoms with E-state index in [4.69, 9.17) is 0 Å². The molecule has 0 saturated carbocycles. The van der Waals surface area contributed by atoms with Crippen molar-refractivity contribution in [3.05, 3.63) is 71.8 Å². The van der Waals surface area contributed by atoms with Gasteiger partial charge in [0.2, 0.25) is 5.91 Å². The van der Waals surface area contributed by atoms with Gasteiger partial charge >= 0.3 is 0 Å². The molecule has 1 aliphatic rings. The number of carbonyl (C=O) groups is 2. The summed E-state index contributed by atoms with van der Waals surface area (Å²) in [6.45, 7) is 4.36. The molecule has 6 heteroatoms. The molecule has 0 aliphatic carbocycles. The molecule has 2 N–H and O–H groups in total. The number of hydrogen-bond donors (Lipinski definition) is 2. The van der Waals surface area contributed by atoms with Crippen LogP contribution >= 0.6 is 12.4 Å². The number of piperazine rings is 1. The van der Waals surface area contributed by atoms with Gasteiger partial charge in [0.1, 0.15) is 0 Å². The molecular formula is C21H26ClN3O2. The molecule has 0 aromatic heterocycles. The summed E-state index contributed by atoms with van der Waals surface area (Å²) in [5.41, 5.74) is 1.53. The van der Waals surface area contributed by atoms with Crippen LogP contribution in [-0.4, -0.2) is 42.4 Å². The number of nitrogens with zero attached hydrogens (tertiary/aromatic N) is 1. The van der Waals surface area contributed by atoms with E-state index < -0.39 is 0 Å². The maximum atomic E-state index is 12.9. The standard InChI is InChI=1S/C21H25N3O2.ClH/c1-16-15-22-12-13-24(16)20(25)14-19(17-8-4-2-5-9-17)23-21(26)18-10-6-3-7-11-18;/h2-11,16,19,22H,12-15H2,1H3,(H,23,26);1H/t16-,19?;/m1./s1. The zero-order valence-corrected chi connectivity index (χ0v) is 16.2. The van der Waals surface area contributed by atoms with Gasteiger partial charge in [-0.25, -0.2) is 0 Å². The summed E-state index contributed by atoms with van der Waals surface area (Å²) in [6.07, 6.45) is 0.257. The van der Waals surface area contributed by atoms with Gasteiger partial charge in [-0.05, 0) is 24.6 Å². The highest BCUT2D eigenvalue weighted by Gasteiger charge is 2.26. The van der Waals surface area contributed by atoms with Crippen molar-refractivity contribution in [2.75, 3.05) is 19.6 Å². The maximum Gasteiger partial charge on any atom is 0.251 e. The third kappa shape index (κ3) is 5.55. The maximum absolute atomic E-state index is 12.9. The average molecular weight is 388 g/mol. The topological polar surface area (TPSA) is 61.4 Å². The van der Waals surface area contributed by atoms with E-state index >= 15 is 0 Å². The minimum atomic E-state index is -0.349. The number of nitrogens with one attached hydrogen (secondary N) is 2. The van der Waals surface area contributed by atoms with Crippen LogP contribution in [-0.2, 0) is 4.79 Å². The molecular weight excluding hydrogens is 362 g/mol. The highest BCUT2D eigenvalue weighted by atomic mass is 35.5. The van der Waals surface area contributed by atoms with Gasteiger partial charge in [-0.1, -0.05) is 48.5 Å². The number of hydrogen-bond acceptors (Lipinski definition) is 3. The van der Waals surface area contributed by atoms with E-state index in [1.807, 2.05) is 60.4 Å². The van der Waals surface area contributed by atoms with Crippen molar-refractivity contribution in [3.63, 3.8) is 0 Å². The highest BCUT2D eigenvalue weighted by molar-refractivity contribution is 5.94. The SMILES string of the molecule is C[C@@H]1CNCCN1C(=O)CC(NC(=O)c1ccccc1)c1ccccc1.Cl. The van der Waals surface area contributed by atoms with E-state index in [2.05, 4.69) is 10.6 Å². The van der Waals surface area contributed by atoms with Crippen molar-refractivity contribution in [2.45, 2.75) is 25.4 Å². The molecule has 27 heavy (non-hydrogen) atoms. The van der Waals surface area contributed by atoms with Gasteiger partial charge in [0.15, 0.2) is 0 Å². The van der Waals surface area contributed by atoms with Gasteiger partial charge in [0.25, 0.3) is 5.91 Å². The van der Waals surface area contributed by atoms with Gasteiger partial charge in [0, 0.05) is 31.2 Å². The summed E-state index contributed by atoms with van der Waals surface area (Å²) >= 11 is 0. The predicted molar refractivity (Wildman–Crippen MR) is 109 cm³/mol. The first-order chi connectivity index (χ1) is 12.6. The fourth-order valence-electron chi connectivity index (χ4n) is 3.27. The van der Waals surface area contributed by atoms with E-state index in [-0.39, 0.29) is 42.7 Å². The molecule has 0 radical (unpaired) electrons. The zero-order chi connectivity index (χ0) is 18.4. The molecule has 0 bridgehead atoms. The van der Waals surface area contributed by atoms with Crippen LogP contribution in [0.5, 0.6) is 0 Å². The van der Waals surface area contributed by atoms with E-state index in [0.29, 0.717) is 12.1 Å². The smallest absolute Gasteiger partial charge is 0.251 e. The van der Waals surface area contributed by atoms with E-state index in [1.165, 1.54) is 0 Å². The number of benzene rings is 2. The first kappa shape index (κ1) is 20.9. The second-order valence-corrected chi connectivity index (χ2v) is 6.65. The molecule has 3 rings (SSSR count). The van der Waals surface area contributed by atoms with Crippen molar-refractivity contribution >= 4 is 24.2 Å². The Morgan fingerprint density at radius 2 is 1.74 bits per heavy atom. The third-order valence-electron chi connectivity index (χ3n) is 4.74. The molecule has 5 nitrogen and oxygen atoms in total.